The van der Waals surface area contributed by atoms with Gasteiger partial charge in [0.25, 0.3) is 0 Å². The number of aliphatic hydroxyl groups is 1. The number of hydrogen-bond donors (Lipinski definition) is 1. The van der Waals surface area contributed by atoms with E-state index in [2.05, 4.69) is 0 Å². The zero-order valence-electron chi connectivity index (χ0n) is 9.21. The zero-order valence-corrected chi connectivity index (χ0v) is 10.8. The topological polar surface area (TPSA) is 57.6 Å². The Hall–Kier alpha value is -0.620. The van der Waals surface area contributed by atoms with Gasteiger partial charge in [-0.3, -0.25) is 0 Å². The Bertz CT molecular complexity index is 478. The minimum Gasteiger partial charge on any atom is -0.393 e. The van der Waals surface area contributed by atoms with Gasteiger partial charge in [0.05, 0.1) is 11.0 Å². The summed E-state index contributed by atoms with van der Waals surface area (Å²) in [5.41, 5.74) is 0. The third-order valence-electron chi connectivity index (χ3n) is 2.87. The molecule has 0 aromatic heterocycles. The van der Waals surface area contributed by atoms with Gasteiger partial charge in [-0.25, -0.2) is 8.42 Å². The Kier molecular flexibility index (Phi) is 3.73. The Morgan fingerprint density at radius 1 is 1.18 bits per heavy atom. The lowest BCUT2D eigenvalue weighted by Gasteiger charge is -2.28. The maximum Gasteiger partial charge on any atom is 0.243 e. The number of rotatable bonds is 2. The molecule has 4 nitrogen and oxygen atoms in total. The molecule has 1 saturated heterocycles. The molecule has 0 bridgehead atoms. The second-order valence-electron chi connectivity index (χ2n) is 4.09. The van der Waals surface area contributed by atoms with Crippen molar-refractivity contribution in [1.82, 2.24) is 4.31 Å². The van der Waals surface area contributed by atoms with Crippen LogP contribution in [0.1, 0.15) is 12.8 Å². The highest BCUT2D eigenvalue weighted by atomic mass is 35.5. The zero-order chi connectivity index (χ0) is 12.5. The highest BCUT2D eigenvalue weighted by molar-refractivity contribution is 7.89. The van der Waals surface area contributed by atoms with Crippen molar-refractivity contribution >= 4 is 21.6 Å². The van der Waals surface area contributed by atoms with E-state index in [1.165, 1.54) is 16.4 Å². The number of piperidine rings is 1. The van der Waals surface area contributed by atoms with Crippen LogP contribution in [0.5, 0.6) is 0 Å². The molecule has 1 N–H and O–H groups in total. The minimum absolute atomic E-state index is 0.248. The number of benzene rings is 1. The average molecular weight is 276 g/mol. The Balaban J connectivity index is 2.21. The first-order valence-electron chi connectivity index (χ1n) is 5.44. The summed E-state index contributed by atoms with van der Waals surface area (Å²) in [6, 6.07) is 6.13. The molecule has 0 unspecified atom stereocenters. The quantitative estimate of drug-likeness (QED) is 0.890. The van der Waals surface area contributed by atoms with Crippen molar-refractivity contribution in [3.8, 4) is 0 Å². The lowest BCUT2D eigenvalue weighted by Crippen LogP contribution is -2.39. The summed E-state index contributed by atoms with van der Waals surface area (Å²) >= 11 is 5.73. The van der Waals surface area contributed by atoms with Crippen LogP contribution in [0.4, 0.5) is 0 Å². The number of nitrogens with zero attached hydrogens (tertiary/aromatic N) is 1. The Morgan fingerprint density at radius 3 is 2.24 bits per heavy atom. The Labute approximate surface area is 106 Å². The summed E-state index contributed by atoms with van der Waals surface area (Å²) in [4.78, 5) is 0.248. The van der Waals surface area contributed by atoms with E-state index in [0.717, 1.165) is 0 Å². The molecule has 2 rings (SSSR count). The first-order valence-corrected chi connectivity index (χ1v) is 7.26. The van der Waals surface area contributed by atoms with Gasteiger partial charge < -0.3 is 5.11 Å². The molecular weight excluding hydrogens is 262 g/mol. The third kappa shape index (κ3) is 2.80. The van der Waals surface area contributed by atoms with Crippen LogP contribution >= 0.6 is 11.6 Å². The van der Waals surface area contributed by atoms with Crippen molar-refractivity contribution in [2.45, 2.75) is 23.8 Å². The van der Waals surface area contributed by atoms with Crippen molar-refractivity contribution in [1.29, 1.82) is 0 Å². The molecule has 0 radical (unpaired) electrons. The van der Waals surface area contributed by atoms with Crippen molar-refractivity contribution in [2.24, 2.45) is 0 Å². The van der Waals surface area contributed by atoms with Gasteiger partial charge in [0.2, 0.25) is 10.0 Å². The molecule has 0 amide bonds. The van der Waals surface area contributed by atoms with Crippen LogP contribution in [0, 0.1) is 0 Å². The van der Waals surface area contributed by atoms with E-state index in [4.69, 9.17) is 11.6 Å². The molecule has 0 aliphatic carbocycles. The van der Waals surface area contributed by atoms with Gasteiger partial charge in [-0.1, -0.05) is 11.6 Å². The summed E-state index contributed by atoms with van der Waals surface area (Å²) < 4.78 is 25.8. The second-order valence-corrected chi connectivity index (χ2v) is 6.46. The molecule has 1 aromatic carbocycles. The lowest BCUT2D eigenvalue weighted by molar-refractivity contribution is 0.113. The van der Waals surface area contributed by atoms with Gasteiger partial charge in [0, 0.05) is 18.1 Å². The predicted octanol–water partition coefficient (Wildman–Crippen LogP) is 1.49. The molecule has 1 heterocycles. The van der Waals surface area contributed by atoms with Crippen LogP contribution in [0.15, 0.2) is 29.2 Å². The summed E-state index contributed by atoms with van der Waals surface area (Å²) in [6.45, 7) is 0.734. The monoisotopic (exact) mass is 275 g/mol. The minimum atomic E-state index is -3.44. The van der Waals surface area contributed by atoms with Crippen molar-refractivity contribution in [3.05, 3.63) is 29.3 Å². The van der Waals surface area contributed by atoms with Gasteiger partial charge in [0.1, 0.15) is 0 Å². The molecule has 0 saturated carbocycles. The van der Waals surface area contributed by atoms with E-state index >= 15 is 0 Å². The van der Waals surface area contributed by atoms with Crippen LogP contribution in [-0.4, -0.2) is 37.0 Å². The predicted molar refractivity (Wildman–Crippen MR) is 65.5 cm³/mol. The van der Waals surface area contributed by atoms with Gasteiger partial charge in [-0.05, 0) is 37.1 Å². The summed E-state index contributed by atoms with van der Waals surface area (Å²) in [5.74, 6) is 0. The molecule has 94 valence electrons. The number of aliphatic hydroxyl groups excluding tert-OH is 1. The molecule has 0 atom stereocenters. The second kappa shape index (κ2) is 4.94. The molecule has 1 fully saturated rings. The number of sulfonamides is 1. The van der Waals surface area contributed by atoms with Crippen molar-refractivity contribution < 1.29 is 13.5 Å². The summed E-state index contributed by atoms with van der Waals surface area (Å²) in [7, 11) is -3.44. The van der Waals surface area contributed by atoms with E-state index in [9.17, 15) is 13.5 Å². The van der Waals surface area contributed by atoms with Crippen LogP contribution in [0.25, 0.3) is 0 Å². The highest BCUT2D eigenvalue weighted by Gasteiger charge is 2.28. The van der Waals surface area contributed by atoms with Crippen LogP contribution < -0.4 is 0 Å². The first-order chi connectivity index (χ1) is 8.00. The maximum absolute atomic E-state index is 12.2. The van der Waals surface area contributed by atoms with E-state index in [-0.39, 0.29) is 11.0 Å². The molecule has 1 aromatic rings. The van der Waals surface area contributed by atoms with Gasteiger partial charge in [-0.15, -0.1) is 0 Å². The molecule has 1 aliphatic rings. The maximum atomic E-state index is 12.2. The van der Waals surface area contributed by atoms with E-state index in [0.29, 0.717) is 31.0 Å². The summed E-state index contributed by atoms with van der Waals surface area (Å²) in [6.07, 6.45) is 0.603. The Morgan fingerprint density at radius 2 is 1.71 bits per heavy atom. The SMILES string of the molecule is O=S(=O)(c1ccc(Cl)cc1)N1CCC(O)CC1. The van der Waals surface area contributed by atoms with Gasteiger partial charge in [-0.2, -0.15) is 4.31 Å². The van der Waals surface area contributed by atoms with Gasteiger partial charge >= 0.3 is 0 Å². The number of halogens is 1. The van der Waals surface area contributed by atoms with E-state index in [1.54, 1.807) is 12.1 Å². The van der Waals surface area contributed by atoms with E-state index < -0.39 is 10.0 Å². The van der Waals surface area contributed by atoms with Crippen LogP contribution in [0.3, 0.4) is 0 Å². The number of hydrogen-bond acceptors (Lipinski definition) is 3. The largest absolute Gasteiger partial charge is 0.393 e. The highest BCUT2D eigenvalue weighted by Crippen LogP contribution is 2.21. The standard InChI is InChI=1S/C11H14ClNO3S/c12-9-1-3-11(4-2-9)17(15,16)13-7-5-10(14)6-8-13/h1-4,10,14H,5-8H2. The first kappa shape index (κ1) is 12.8. The van der Waals surface area contributed by atoms with E-state index in [1.807, 2.05) is 0 Å². The van der Waals surface area contributed by atoms with Crippen molar-refractivity contribution in [3.63, 3.8) is 0 Å². The average Bonchev–Trinajstić information content (AvgIpc) is 2.30. The molecule has 17 heavy (non-hydrogen) atoms. The van der Waals surface area contributed by atoms with Gasteiger partial charge in [0.15, 0.2) is 0 Å². The third-order valence-corrected chi connectivity index (χ3v) is 5.04. The normalized spacial score (nSPS) is 19.4. The molecular formula is C11H14ClNO3S. The summed E-state index contributed by atoms with van der Waals surface area (Å²) in [5, 5.41) is 9.87. The fraction of sp³-hybridized carbons (Fsp3) is 0.455. The lowest BCUT2D eigenvalue weighted by atomic mass is 10.1. The molecule has 0 spiro atoms. The molecule has 1 aliphatic heterocycles. The fourth-order valence-corrected chi connectivity index (χ4v) is 3.43. The fourth-order valence-electron chi connectivity index (χ4n) is 1.84. The van der Waals surface area contributed by atoms with Crippen molar-refractivity contribution in [2.75, 3.05) is 13.1 Å². The van der Waals surface area contributed by atoms with Crippen LogP contribution in [0.2, 0.25) is 5.02 Å². The molecule has 6 heteroatoms. The smallest absolute Gasteiger partial charge is 0.243 e. The van der Waals surface area contributed by atoms with Crippen LogP contribution in [-0.2, 0) is 10.0 Å².